The van der Waals surface area contributed by atoms with Gasteiger partial charge in [-0.15, -0.1) is 0 Å². The summed E-state index contributed by atoms with van der Waals surface area (Å²) >= 11 is 0. The highest BCUT2D eigenvalue weighted by atomic mass is 19.1. The highest BCUT2D eigenvalue weighted by Crippen LogP contribution is 2.15. The average molecular weight is 315 g/mol. The van der Waals surface area contributed by atoms with Gasteiger partial charge in [0.15, 0.2) is 0 Å². The molecule has 6 heteroatoms. The minimum Gasteiger partial charge on any atom is -0.376 e. The number of benzene rings is 2. The Morgan fingerprint density at radius 2 is 1.87 bits per heavy atom. The second-order valence-corrected chi connectivity index (χ2v) is 4.99. The average Bonchev–Trinajstić information content (AvgIpc) is 2.56. The molecule has 0 bridgehead atoms. The molecule has 0 aliphatic rings. The van der Waals surface area contributed by atoms with Gasteiger partial charge in [0.05, 0.1) is 12.1 Å². The number of anilines is 2. The van der Waals surface area contributed by atoms with Crippen LogP contribution in [-0.4, -0.2) is 25.4 Å². The zero-order valence-corrected chi connectivity index (χ0v) is 12.9. The molecule has 0 spiro atoms. The van der Waals surface area contributed by atoms with Crippen LogP contribution >= 0.6 is 0 Å². The van der Waals surface area contributed by atoms with Gasteiger partial charge in [-0.25, -0.2) is 4.39 Å². The number of amides is 2. The Morgan fingerprint density at radius 3 is 2.57 bits per heavy atom. The number of carbonyl (C=O) groups is 2. The fraction of sp³-hybridized carbons (Fsp3) is 0.176. The van der Waals surface area contributed by atoms with Gasteiger partial charge < -0.3 is 16.0 Å². The van der Waals surface area contributed by atoms with E-state index in [0.29, 0.717) is 22.5 Å². The van der Waals surface area contributed by atoms with Gasteiger partial charge in [-0.1, -0.05) is 18.2 Å². The predicted octanol–water partition coefficient (Wildman–Crippen LogP) is 2.54. The van der Waals surface area contributed by atoms with Crippen LogP contribution in [-0.2, 0) is 4.79 Å². The third kappa shape index (κ3) is 4.29. The highest BCUT2D eigenvalue weighted by molar-refractivity contribution is 6.00. The molecule has 0 saturated heterocycles. The lowest BCUT2D eigenvalue weighted by Crippen LogP contribution is -2.24. The van der Waals surface area contributed by atoms with Gasteiger partial charge in [0, 0.05) is 18.4 Å². The van der Waals surface area contributed by atoms with Crippen molar-refractivity contribution < 1.29 is 14.0 Å². The summed E-state index contributed by atoms with van der Waals surface area (Å²) in [6, 6.07) is 11.4. The van der Waals surface area contributed by atoms with Crippen molar-refractivity contribution in [3.8, 4) is 0 Å². The second-order valence-electron chi connectivity index (χ2n) is 4.99. The van der Waals surface area contributed by atoms with Crippen molar-refractivity contribution in [1.82, 2.24) is 5.32 Å². The van der Waals surface area contributed by atoms with Gasteiger partial charge in [-0.05, 0) is 36.8 Å². The number of carbonyl (C=O) groups excluding carboxylic acids is 2. The molecule has 0 atom stereocenters. The molecule has 0 heterocycles. The van der Waals surface area contributed by atoms with Crippen LogP contribution < -0.4 is 16.0 Å². The maximum Gasteiger partial charge on any atom is 0.253 e. The van der Waals surface area contributed by atoms with E-state index in [2.05, 4.69) is 16.0 Å². The standard InChI is InChI=1S/C17H18FN3O2/c1-11-7-8-12(9-14(11)18)21-16(22)10-20-15-6-4-3-5-13(15)17(23)19-2/h3-9,20H,10H2,1-2H3,(H,19,23)(H,21,22). The van der Waals surface area contributed by atoms with Gasteiger partial charge >= 0.3 is 0 Å². The van der Waals surface area contributed by atoms with E-state index >= 15 is 0 Å². The topological polar surface area (TPSA) is 70.2 Å². The molecule has 0 aliphatic heterocycles. The van der Waals surface area contributed by atoms with E-state index in [1.54, 1.807) is 43.3 Å². The zero-order valence-electron chi connectivity index (χ0n) is 12.9. The van der Waals surface area contributed by atoms with E-state index in [4.69, 9.17) is 0 Å². The summed E-state index contributed by atoms with van der Waals surface area (Å²) in [5.74, 6) is -0.949. The third-order valence-corrected chi connectivity index (χ3v) is 3.29. The molecule has 2 aromatic carbocycles. The Hall–Kier alpha value is -2.89. The fourth-order valence-corrected chi connectivity index (χ4v) is 2.02. The van der Waals surface area contributed by atoms with Crippen LogP contribution in [0.3, 0.4) is 0 Å². The normalized spacial score (nSPS) is 10.0. The van der Waals surface area contributed by atoms with E-state index in [0.717, 1.165) is 0 Å². The molecule has 5 nitrogen and oxygen atoms in total. The Balaban J connectivity index is 1.99. The second kappa shape index (κ2) is 7.40. The number of halogens is 1. The first-order valence-corrected chi connectivity index (χ1v) is 7.12. The Labute approximate surface area is 133 Å². The van der Waals surface area contributed by atoms with Crippen molar-refractivity contribution in [1.29, 1.82) is 0 Å². The molecule has 120 valence electrons. The molecule has 0 aromatic heterocycles. The number of nitrogens with one attached hydrogen (secondary N) is 3. The quantitative estimate of drug-likeness (QED) is 0.794. The van der Waals surface area contributed by atoms with Crippen LogP contribution in [0.25, 0.3) is 0 Å². The number of para-hydroxylation sites is 1. The molecule has 2 rings (SSSR count). The first kappa shape index (κ1) is 16.5. The number of hydrogen-bond donors (Lipinski definition) is 3. The molecule has 0 unspecified atom stereocenters. The maximum absolute atomic E-state index is 13.4. The Bertz CT molecular complexity index is 732. The van der Waals surface area contributed by atoms with Crippen molar-refractivity contribution in [3.63, 3.8) is 0 Å². The van der Waals surface area contributed by atoms with Gasteiger partial charge in [0.25, 0.3) is 5.91 Å². The Morgan fingerprint density at radius 1 is 1.13 bits per heavy atom. The van der Waals surface area contributed by atoms with Gasteiger partial charge in [-0.2, -0.15) is 0 Å². The molecule has 0 fully saturated rings. The van der Waals surface area contributed by atoms with Crippen molar-refractivity contribution in [2.45, 2.75) is 6.92 Å². The first-order chi connectivity index (χ1) is 11.0. The lowest BCUT2D eigenvalue weighted by atomic mass is 10.1. The molecule has 0 saturated carbocycles. The SMILES string of the molecule is CNC(=O)c1ccccc1NCC(=O)Nc1ccc(C)c(F)c1. The summed E-state index contributed by atoms with van der Waals surface area (Å²) in [5, 5.41) is 8.05. The minimum atomic E-state index is -0.374. The van der Waals surface area contributed by atoms with Crippen LogP contribution in [0.5, 0.6) is 0 Å². The highest BCUT2D eigenvalue weighted by Gasteiger charge is 2.10. The van der Waals surface area contributed by atoms with Crippen molar-refractivity contribution in [2.75, 3.05) is 24.2 Å². The van der Waals surface area contributed by atoms with Crippen LogP contribution in [0.2, 0.25) is 0 Å². The largest absolute Gasteiger partial charge is 0.376 e. The van der Waals surface area contributed by atoms with Gasteiger partial charge in [0.2, 0.25) is 5.91 Å². The van der Waals surface area contributed by atoms with Crippen molar-refractivity contribution in [2.24, 2.45) is 0 Å². The summed E-state index contributed by atoms with van der Waals surface area (Å²) in [6.45, 7) is 1.61. The summed E-state index contributed by atoms with van der Waals surface area (Å²) in [7, 11) is 1.54. The molecule has 2 amide bonds. The van der Waals surface area contributed by atoms with Crippen LogP contribution in [0.15, 0.2) is 42.5 Å². The Kier molecular flexibility index (Phi) is 5.30. The zero-order chi connectivity index (χ0) is 16.8. The minimum absolute atomic E-state index is 0.0382. The monoisotopic (exact) mass is 315 g/mol. The van der Waals surface area contributed by atoms with Crippen molar-refractivity contribution in [3.05, 3.63) is 59.4 Å². The van der Waals surface area contributed by atoms with Gasteiger partial charge in [0.1, 0.15) is 5.82 Å². The summed E-state index contributed by atoms with van der Waals surface area (Å²) < 4.78 is 13.4. The van der Waals surface area contributed by atoms with E-state index in [-0.39, 0.29) is 24.2 Å². The summed E-state index contributed by atoms with van der Waals surface area (Å²) in [5.41, 5.74) is 1.90. The van der Waals surface area contributed by atoms with Crippen LogP contribution in [0.4, 0.5) is 15.8 Å². The molecular weight excluding hydrogens is 297 g/mol. The van der Waals surface area contributed by atoms with E-state index in [1.165, 1.54) is 13.1 Å². The fourth-order valence-electron chi connectivity index (χ4n) is 2.02. The van der Waals surface area contributed by atoms with Crippen molar-refractivity contribution >= 4 is 23.2 Å². The molecule has 0 radical (unpaired) electrons. The van der Waals surface area contributed by atoms with Crippen LogP contribution in [0.1, 0.15) is 15.9 Å². The van der Waals surface area contributed by atoms with Crippen LogP contribution in [0, 0.1) is 12.7 Å². The van der Waals surface area contributed by atoms with E-state index in [1.807, 2.05) is 0 Å². The van der Waals surface area contributed by atoms with E-state index in [9.17, 15) is 14.0 Å². The summed E-state index contributed by atoms with van der Waals surface area (Å²) in [4.78, 5) is 23.7. The lowest BCUT2D eigenvalue weighted by molar-refractivity contribution is -0.114. The summed E-state index contributed by atoms with van der Waals surface area (Å²) in [6.07, 6.45) is 0. The smallest absolute Gasteiger partial charge is 0.253 e. The number of rotatable bonds is 5. The lowest BCUT2D eigenvalue weighted by Gasteiger charge is -2.11. The number of hydrogen-bond acceptors (Lipinski definition) is 3. The molecular formula is C17H18FN3O2. The van der Waals surface area contributed by atoms with Gasteiger partial charge in [-0.3, -0.25) is 9.59 Å². The maximum atomic E-state index is 13.4. The van der Waals surface area contributed by atoms with E-state index < -0.39 is 0 Å². The molecule has 2 aromatic rings. The molecule has 3 N–H and O–H groups in total. The molecule has 23 heavy (non-hydrogen) atoms. The number of aryl methyl sites for hydroxylation is 1. The predicted molar refractivity (Wildman–Crippen MR) is 88.1 cm³/mol. The first-order valence-electron chi connectivity index (χ1n) is 7.12. The molecule has 0 aliphatic carbocycles. The third-order valence-electron chi connectivity index (χ3n) is 3.29.